The van der Waals surface area contributed by atoms with E-state index < -0.39 is 0 Å². The Morgan fingerprint density at radius 2 is 2.25 bits per heavy atom. The van der Waals surface area contributed by atoms with Crippen molar-refractivity contribution in [2.75, 3.05) is 19.6 Å². The van der Waals surface area contributed by atoms with Gasteiger partial charge in [-0.15, -0.1) is 11.6 Å². The van der Waals surface area contributed by atoms with E-state index >= 15 is 0 Å². The molecule has 0 bridgehead atoms. The molecule has 0 spiro atoms. The van der Waals surface area contributed by atoms with Crippen molar-refractivity contribution in [1.29, 1.82) is 0 Å². The van der Waals surface area contributed by atoms with Gasteiger partial charge in [0.2, 0.25) is 0 Å². The first-order valence-corrected chi connectivity index (χ1v) is 6.40. The SMILES string of the molecule is COCC(CCl)NC(=O)c1ccccc1I. The van der Waals surface area contributed by atoms with Crippen molar-refractivity contribution in [2.45, 2.75) is 6.04 Å². The molecule has 1 rings (SSSR count). The highest BCUT2D eigenvalue weighted by atomic mass is 127. The minimum atomic E-state index is -0.157. The highest BCUT2D eigenvalue weighted by molar-refractivity contribution is 14.1. The first-order chi connectivity index (χ1) is 7.69. The largest absolute Gasteiger partial charge is 0.383 e. The van der Waals surface area contributed by atoms with Gasteiger partial charge < -0.3 is 10.1 Å². The number of nitrogens with one attached hydrogen (secondary N) is 1. The number of benzene rings is 1. The van der Waals surface area contributed by atoms with Crippen LogP contribution in [0.2, 0.25) is 0 Å². The molecule has 1 aromatic carbocycles. The van der Waals surface area contributed by atoms with E-state index in [1.165, 1.54) is 0 Å². The molecule has 1 aromatic rings. The summed E-state index contributed by atoms with van der Waals surface area (Å²) in [7, 11) is 1.58. The van der Waals surface area contributed by atoms with Gasteiger partial charge in [-0.05, 0) is 34.7 Å². The normalized spacial score (nSPS) is 12.2. The van der Waals surface area contributed by atoms with E-state index in [0.717, 1.165) is 3.57 Å². The van der Waals surface area contributed by atoms with Crippen LogP contribution in [0.3, 0.4) is 0 Å². The predicted octanol–water partition coefficient (Wildman–Crippen LogP) is 2.27. The van der Waals surface area contributed by atoms with Gasteiger partial charge in [0.25, 0.3) is 5.91 Å². The molecule has 5 heteroatoms. The zero-order valence-electron chi connectivity index (χ0n) is 8.87. The molecule has 3 nitrogen and oxygen atoms in total. The summed E-state index contributed by atoms with van der Waals surface area (Å²) in [6.45, 7) is 0.415. The maximum atomic E-state index is 11.9. The van der Waals surface area contributed by atoms with E-state index in [-0.39, 0.29) is 11.9 Å². The molecule has 0 saturated heterocycles. The van der Waals surface area contributed by atoms with Crippen LogP contribution in [-0.4, -0.2) is 31.5 Å². The lowest BCUT2D eigenvalue weighted by atomic mass is 10.2. The lowest BCUT2D eigenvalue weighted by Gasteiger charge is -2.15. The number of carbonyl (C=O) groups is 1. The van der Waals surface area contributed by atoms with Crippen LogP contribution < -0.4 is 5.32 Å². The molecular weight excluding hydrogens is 340 g/mol. The maximum absolute atomic E-state index is 11.9. The third-order valence-electron chi connectivity index (χ3n) is 2.01. The van der Waals surface area contributed by atoms with Crippen molar-refractivity contribution in [3.8, 4) is 0 Å². The van der Waals surface area contributed by atoms with Crippen LogP contribution in [0.1, 0.15) is 10.4 Å². The van der Waals surface area contributed by atoms with Gasteiger partial charge in [-0.3, -0.25) is 4.79 Å². The number of amides is 1. The second-order valence-electron chi connectivity index (χ2n) is 3.26. The van der Waals surface area contributed by atoms with E-state index in [1.807, 2.05) is 18.2 Å². The monoisotopic (exact) mass is 353 g/mol. The van der Waals surface area contributed by atoms with Crippen molar-refractivity contribution in [3.63, 3.8) is 0 Å². The van der Waals surface area contributed by atoms with E-state index in [0.29, 0.717) is 18.1 Å². The Hall–Kier alpha value is -0.330. The molecule has 16 heavy (non-hydrogen) atoms. The van der Waals surface area contributed by atoms with Crippen LogP contribution in [0.4, 0.5) is 0 Å². The number of methoxy groups -OCH3 is 1. The first-order valence-electron chi connectivity index (χ1n) is 4.79. The molecule has 0 heterocycles. The smallest absolute Gasteiger partial charge is 0.252 e. The van der Waals surface area contributed by atoms with Crippen LogP contribution in [0.5, 0.6) is 0 Å². The molecule has 1 unspecified atom stereocenters. The van der Waals surface area contributed by atoms with Gasteiger partial charge >= 0.3 is 0 Å². The average molecular weight is 354 g/mol. The number of rotatable bonds is 5. The van der Waals surface area contributed by atoms with Crippen LogP contribution >= 0.6 is 34.2 Å². The predicted molar refractivity (Wildman–Crippen MR) is 73.0 cm³/mol. The molecular formula is C11H13ClINO2. The van der Waals surface area contributed by atoms with Crippen molar-refractivity contribution in [2.24, 2.45) is 0 Å². The Labute approximate surface area is 114 Å². The van der Waals surface area contributed by atoms with E-state index in [1.54, 1.807) is 13.2 Å². The standard InChI is InChI=1S/C11H13ClINO2/c1-16-7-8(6-12)14-11(15)9-4-2-3-5-10(9)13/h2-5,8H,6-7H2,1H3,(H,14,15). The van der Waals surface area contributed by atoms with Crippen molar-refractivity contribution in [3.05, 3.63) is 33.4 Å². The highest BCUT2D eigenvalue weighted by Crippen LogP contribution is 2.11. The van der Waals surface area contributed by atoms with E-state index in [2.05, 4.69) is 27.9 Å². The molecule has 0 aliphatic heterocycles. The lowest BCUT2D eigenvalue weighted by Crippen LogP contribution is -2.39. The zero-order valence-corrected chi connectivity index (χ0v) is 11.8. The van der Waals surface area contributed by atoms with Crippen LogP contribution in [-0.2, 0) is 4.74 Å². The molecule has 0 aliphatic carbocycles. The van der Waals surface area contributed by atoms with Crippen LogP contribution in [0.25, 0.3) is 0 Å². The third-order valence-corrected chi connectivity index (χ3v) is 3.32. The Kier molecular flexibility index (Phi) is 6.08. The number of ether oxygens (including phenoxy) is 1. The Morgan fingerprint density at radius 3 is 2.81 bits per heavy atom. The molecule has 0 fully saturated rings. The number of hydrogen-bond donors (Lipinski definition) is 1. The van der Waals surface area contributed by atoms with Crippen molar-refractivity contribution in [1.82, 2.24) is 5.32 Å². The summed E-state index contributed by atoms with van der Waals surface area (Å²) in [4.78, 5) is 11.9. The fraction of sp³-hybridized carbons (Fsp3) is 0.364. The quantitative estimate of drug-likeness (QED) is 0.651. The fourth-order valence-electron chi connectivity index (χ4n) is 1.23. The summed E-state index contributed by atoms with van der Waals surface area (Å²) >= 11 is 7.85. The van der Waals surface area contributed by atoms with E-state index in [9.17, 15) is 4.79 Å². The Morgan fingerprint density at radius 1 is 1.56 bits per heavy atom. The molecule has 1 atom stereocenters. The van der Waals surface area contributed by atoms with E-state index in [4.69, 9.17) is 16.3 Å². The summed E-state index contributed by atoms with van der Waals surface area (Å²) in [5.41, 5.74) is 0.661. The summed E-state index contributed by atoms with van der Waals surface area (Å²) in [6, 6.07) is 7.25. The number of halogens is 2. The average Bonchev–Trinajstić information content (AvgIpc) is 2.28. The Balaban J connectivity index is 2.68. The fourth-order valence-corrected chi connectivity index (χ4v) is 2.03. The van der Waals surface area contributed by atoms with Crippen LogP contribution in [0.15, 0.2) is 24.3 Å². The van der Waals surface area contributed by atoms with Gasteiger partial charge in [0.15, 0.2) is 0 Å². The summed E-state index contributed by atoms with van der Waals surface area (Å²) < 4.78 is 5.88. The minimum absolute atomic E-state index is 0.118. The number of hydrogen-bond acceptors (Lipinski definition) is 2. The summed E-state index contributed by atoms with van der Waals surface area (Å²) in [5.74, 6) is 0.218. The molecule has 0 aliphatic rings. The maximum Gasteiger partial charge on any atom is 0.252 e. The van der Waals surface area contributed by atoms with Gasteiger partial charge in [-0.25, -0.2) is 0 Å². The molecule has 88 valence electrons. The molecule has 1 amide bonds. The second kappa shape index (κ2) is 7.09. The van der Waals surface area contributed by atoms with Gasteiger partial charge in [-0.2, -0.15) is 0 Å². The zero-order chi connectivity index (χ0) is 12.0. The first kappa shape index (κ1) is 13.7. The van der Waals surface area contributed by atoms with Gasteiger partial charge in [0, 0.05) is 16.6 Å². The van der Waals surface area contributed by atoms with Crippen molar-refractivity contribution >= 4 is 40.1 Å². The van der Waals surface area contributed by atoms with Gasteiger partial charge in [0.1, 0.15) is 0 Å². The second-order valence-corrected chi connectivity index (χ2v) is 4.73. The molecule has 0 aromatic heterocycles. The summed E-state index contributed by atoms with van der Waals surface area (Å²) in [5, 5.41) is 2.82. The number of carbonyl (C=O) groups excluding carboxylic acids is 1. The van der Waals surface area contributed by atoms with Crippen molar-refractivity contribution < 1.29 is 9.53 Å². The molecule has 1 N–H and O–H groups in total. The lowest BCUT2D eigenvalue weighted by molar-refractivity contribution is 0.0906. The minimum Gasteiger partial charge on any atom is -0.383 e. The topological polar surface area (TPSA) is 38.3 Å². The highest BCUT2D eigenvalue weighted by Gasteiger charge is 2.14. The molecule has 0 saturated carbocycles. The number of alkyl halides is 1. The van der Waals surface area contributed by atoms with Crippen LogP contribution in [0, 0.1) is 3.57 Å². The molecule has 0 radical (unpaired) electrons. The summed E-state index contributed by atoms with van der Waals surface area (Å²) in [6.07, 6.45) is 0. The Bertz CT molecular complexity index is 360. The van der Waals surface area contributed by atoms with Gasteiger partial charge in [0.05, 0.1) is 18.2 Å². The third kappa shape index (κ3) is 3.92. The van der Waals surface area contributed by atoms with Gasteiger partial charge in [-0.1, -0.05) is 12.1 Å².